The molecule has 1 aliphatic heterocycles. The van der Waals surface area contributed by atoms with Gasteiger partial charge in [0.15, 0.2) is 5.82 Å². The summed E-state index contributed by atoms with van der Waals surface area (Å²) >= 11 is 0. The van der Waals surface area contributed by atoms with Gasteiger partial charge >= 0.3 is 0 Å². The molecule has 1 atom stereocenters. The highest BCUT2D eigenvalue weighted by Crippen LogP contribution is 2.24. The highest BCUT2D eigenvalue weighted by molar-refractivity contribution is 5.85. The van der Waals surface area contributed by atoms with Crippen LogP contribution < -0.4 is 10.6 Å². The molecule has 0 aliphatic carbocycles. The number of amides is 1. The Hall–Kier alpha value is -2.10. The molecular weight excluding hydrogens is 358 g/mol. The van der Waals surface area contributed by atoms with E-state index in [-0.39, 0.29) is 54.7 Å². The number of aromatic nitrogens is 2. The molecule has 1 aliphatic rings. The number of carbonyl (C=O) groups excluding carboxylic acids is 1. The molecular formula is C15H17ClF2N4O3. The molecule has 3 rings (SSSR count). The Bertz CT molecular complexity index is 702. The molecule has 2 aromatic rings. The fourth-order valence-corrected chi connectivity index (χ4v) is 2.34. The lowest BCUT2D eigenvalue weighted by Gasteiger charge is -2.22. The summed E-state index contributed by atoms with van der Waals surface area (Å²) in [4.78, 5) is 15.7. The normalized spacial score (nSPS) is 17.0. The molecule has 1 unspecified atom stereocenters. The molecule has 0 bridgehead atoms. The summed E-state index contributed by atoms with van der Waals surface area (Å²) in [6, 6.07) is 3.44. The third-order valence-electron chi connectivity index (χ3n) is 3.51. The minimum Gasteiger partial charge on any atom is -0.375 e. The molecule has 1 fully saturated rings. The zero-order chi connectivity index (χ0) is 16.9. The van der Waals surface area contributed by atoms with Gasteiger partial charge in [0.05, 0.1) is 25.7 Å². The topological polar surface area (TPSA) is 89.3 Å². The molecule has 0 radical (unpaired) electrons. The molecule has 1 amide bonds. The van der Waals surface area contributed by atoms with E-state index >= 15 is 0 Å². The maximum absolute atomic E-state index is 13.7. The van der Waals surface area contributed by atoms with Crippen LogP contribution in [0.3, 0.4) is 0 Å². The van der Waals surface area contributed by atoms with E-state index in [2.05, 4.69) is 20.8 Å². The fourth-order valence-electron chi connectivity index (χ4n) is 2.34. The van der Waals surface area contributed by atoms with Gasteiger partial charge in [-0.3, -0.25) is 4.79 Å². The number of ether oxygens (including phenoxy) is 1. The van der Waals surface area contributed by atoms with Gasteiger partial charge in [0.1, 0.15) is 17.2 Å². The standard InChI is InChI=1S/C15H16F2N4O3.ClH/c16-10-2-1-3-11(17)14(10)15-20-12(21-24-15)8-19-13(22)6-9-7-18-4-5-23-9;/h1-3,9,18H,4-8H2,(H,19,22);1H. The van der Waals surface area contributed by atoms with Crippen molar-refractivity contribution in [3.63, 3.8) is 0 Å². The molecule has 0 saturated carbocycles. The zero-order valence-electron chi connectivity index (χ0n) is 13.1. The van der Waals surface area contributed by atoms with Gasteiger partial charge in [-0.2, -0.15) is 4.98 Å². The molecule has 136 valence electrons. The second kappa shape index (κ2) is 8.84. The summed E-state index contributed by atoms with van der Waals surface area (Å²) in [5.74, 6) is -1.96. The first kappa shape index (κ1) is 19.2. The lowest BCUT2D eigenvalue weighted by Crippen LogP contribution is -2.41. The Morgan fingerprint density at radius 1 is 1.36 bits per heavy atom. The van der Waals surface area contributed by atoms with E-state index < -0.39 is 11.6 Å². The van der Waals surface area contributed by atoms with Crippen molar-refractivity contribution in [3.05, 3.63) is 35.7 Å². The molecule has 1 saturated heterocycles. The van der Waals surface area contributed by atoms with E-state index in [0.717, 1.165) is 18.7 Å². The smallest absolute Gasteiger partial charge is 0.263 e. The van der Waals surface area contributed by atoms with Gasteiger partial charge in [-0.05, 0) is 12.1 Å². The quantitative estimate of drug-likeness (QED) is 0.823. The van der Waals surface area contributed by atoms with Gasteiger partial charge < -0.3 is 19.9 Å². The van der Waals surface area contributed by atoms with Crippen molar-refractivity contribution in [2.75, 3.05) is 19.7 Å². The number of nitrogens with one attached hydrogen (secondary N) is 2. The summed E-state index contributed by atoms with van der Waals surface area (Å²) in [6.07, 6.45) is 0.0340. The number of halogens is 3. The number of rotatable bonds is 5. The Labute approximate surface area is 148 Å². The first-order valence-corrected chi connectivity index (χ1v) is 7.49. The number of carbonyl (C=O) groups is 1. The van der Waals surface area contributed by atoms with Crippen molar-refractivity contribution in [2.24, 2.45) is 0 Å². The number of benzene rings is 1. The predicted molar refractivity (Wildman–Crippen MR) is 86.0 cm³/mol. The summed E-state index contributed by atoms with van der Waals surface area (Å²) in [5.41, 5.74) is -0.385. The SMILES string of the molecule is Cl.O=C(CC1CNCCO1)NCc1noc(-c2c(F)cccc2F)n1. The van der Waals surface area contributed by atoms with E-state index in [0.29, 0.717) is 13.2 Å². The van der Waals surface area contributed by atoms with Gasteiger partial charge in [-0.15, -0.1) is 12.4 Å². The molecule has 1 aromatic heterocycles. The van der Waals surface area contributed by atoms with Gasteiger partial charge in [0.2, 0.25) is 5.91 Å². The van der Waals surface area contributed by atoms with Crippen LogP contribution in [0.15, 0.2) is 22.7 Å². The van der Waals surface area contributed by atoms with Gasteiger partial charge in [-0.1, -0.05) is 11.2 Å². The number of hydrogen-bond donors (Lipinski definition) is 2. The monoisotopic (exact) mass is 374 g/mol. The molecule has 1 aromatic carbocycles. The van der Waals surface area contributed by atoms with Crippen LogP contribution in [0.2, 0.25) is 0 Å². The molecule has 0 spiro atoms. The molecule has 7 nitrogen and oxygen atoms in total. The lowest BCUT2D eigenvalue weighted by atomic mass is 10.2. The average Bonchev–Trinajstić information content (AvgIpc) is 3.02. The average molecular weight is 375 g/mol. The van der Waals surface area contributed by atoms with Crippen LogP contribution in [0.4, 0.5) is 8.78 Å². The Balaban J connectivity index is 0.00000225. The summed E-state index contributed by atoms with van der Waals surface area (Å²) in [6.45, 7) is 1.96. The van der Waals surface area contributed by atoms with Crippen LogP contribution in [0.5, 0.6) is 0 Å². The highest BCUT2D eigenvalue weighted by atomic mass is 35.5. The third kappa shape index (κ3) is 4.94. The fraction of sp³-hybridized carbons (Fsp3) is 0.400. The van der Waals surface area contributed by atoms with Crippen molar-refractivity contribution in [1.82, 2.24) is 20.8 Å². The van der Waals surface area contributed by atoms with Gasteiger partial charge in [0.25, 0.3) is 5.89 Å². The zero-order valence-corrected chi connectivity index (χ0v) is 13.9. The van der Waals surface area contributed by atoms with Crippen LogP contribution in [-0.4, -0.2) is 41.8 Å². The number of hydrogen-bond acceptors (Lipinski definition) is 6. The van der Waals surface area contributed by atoms with Crippen LogP contribution in [0, 0.1) is 11.6 Å². The largest absolute Gasteiger partial charge is 0.375 e. The first-order valence-electron chi connectivity index (χ1n) is 7.49. The van der Waals surface area contributed by atoms with Crippen molar-refractivity contribution in [1.29, 1.82) is 0 Å². The first-order chi connectivity index (χ1) is 11.6. The van der Waals surface area contributed by atoms with Crippen molar-refractivity contribution >= 4 is 18.3 Å². The second-order valence-electron chi connectivity index (χ2n) is 5.29. The third-order valence-corrected chi connectivity index (χ3v) is 3.51. The van der Waals surface area contributed by atoms with Crippen LogP contribution in [0.25, 0.3) is 11.5 Å². The van der Waals surface area contributed by atoms with Gasteiger partial charge in [-0.25, -0.2) is 8.78 Å². The second-order valence-corrected chi connectivity index (χ2v) is 5.29. The van der Waals surface area contributed by atoms with Crippen LogP contribution in [-0.2, 0) is 16.1 Å². The van der Waals surface area contributed by atoms with E-state index in [1.165, 1.54) is 6.07 Å². The maximum Gasteiger partial charge on any atom is 0.263 e. The molecule has 2 N–H and O–H groups in total. The molecule has 2 heterocycles. The van der Waals surface area contributed by atoms with E-state index in [9.17, 15) is 13.6 Å². The summed E-state index contributed by atoms with van der Waals surface area (Å²) in [7, 11) is 0. The maximum atomic E-state index is 13.7. The Kier molecular flexibility index (Phi) is 6.80. The number of nitrogens with zero attached hydrogens (tertiary/aromatic N) is 2. The minimum absolute atomic E-state index is 0. The predicted octanol–water partition coefficient (Wildman–Crippen LogP) is 1.43. The summed E-state index contributed by atoms with van der Waals surface area (Å²) < 4.78 is 37.6. The lowest BCUT2D eigenvalue weighted by molar-refractivity contribution is -0.124. The molecule has 25 heavy (non-hydrogen) atoms. The molecule has 10 heteroatoms. The Morgan fingerprint density at radius 2 is 2.12 bits per heavy atom. The van der Waals surface area contributed by atoms with Crippen LogP contribution >= 0.6 is 12.4 Å². The highest BCUT2D eigenvalue weighted by Gasteiger charge is 2.20. The van der Waals surface area contributed by atoms with E-state index in [4.69, 9.17) is 9.26 Å². The van der Waals surface area contributed by atoms with Crippen LogP contribution in [0.1, 0.15) is 12.2 Å². The van der Waals surface area contributed by atoms with Gasteiger partial charge in [0, 0.05) is 13.1 Å². The van der Waals surface area contributed by atoms with Crippen molar-refractivity contribution in [3.8, 4) is 11.5 Å². The van der Waals surface area contributed by atoms with Crippen molar-refractivity contribution in [2.45, 2.75) is 19.1 Å². The van der Waals surface area contributed by atoms with Crippen molar-refractivity contribution < 1.29 is 22.8 Å². The minimum atomic E-state index is -0.795. The van der Waals surface area contributed by atoms with E-state index in [1.54, 1.807) is 0 Å². The Morgan fingerprint density at radius 3 is 2.80 bits per heavy atom. The summed E-state index contributed by atoms with van der Waals surface area (Å²) in [5, 5.41) is 9.37. The van der Waals surface area contributed by atoms with E-state index in [1.807, 2.05) is 0 Å². The number of morpholine rings is 1.